The molecule has 1 atom stereocenters. The van der Waals surface area contributed by atoms with Crippen LogP contribution in [0.1, 0.15) is 33.1 Å². The summed E-state index contributed by atoms with van der Waals surface area (Å²) >= 11 is 0. The lowest BCUT2D eigenvalue weighted by atomic mass is 9.96. The number of hydrogen-bond donors (Lipinski definition) is 1. The summed E-state index contributed by atoms with van der Waals surface area (Å²) in [5, 5.41) is 3.46. The zero-order valence-corrected chi connectivity index (χ0v) is 12.1. The summed E-state index contributed by atoms with van der Waals surface area (Å²) in [5.41, 5.74) is 0. The fourth-order valence-electron chi connectivity index (χ4n) is 2.55. The Labute approximate surface area is 111 Å². The standard InChI is InChI=1S/C14H28N2O2/c1-4-7-15-10-12(2)11-16-8-5-13(6-9-16)14(17)18-3/h12-13,15H,4-11H2,1-3H3. The first-order chi connectivity index (χ1) is 8.67. The molecule has 18 heavy (non-hydrogen) atoms. The zero-order chi connectivity index (χ0) is 13.4. The summed E-state index contributed by atoms with van der Waals surface area (Å²) in [6.07, 6.45) is 3.08. The van der Waals surface area contributed by atoms with Gasteiger partial charge in [-0.05, 0) is 51.4 Å². The average Bonchev–Trinajstić information content (AvgIpc) is 2.39. The number of likely N-dealkylation sites (tertiary alicyclic amines) is 1. The van der Waals surface area contributed by atoms with Crippen LogP contribution in [0.2, 0.25) is 0 Å². The summed E-state index contributed by atoms with van der Waals surface area (Å²) in [6.45, 7) is 9.85. The van der Waals surface area contributed by atoms with Crippen LogP contribution in [0, 0.1) is 11.8 Å². The van der Waals surface area contributed by atoms with Gasteiger partial charge in [-0.15, -0.1) is 0 Å². The molecule has 0 aromatic carbocycles. The number of hydrogen-bond acceptors (Lipinski definition) is 4. The van der Waals surface area contributed by atoms with Gasteiger partial charge in [0, 0.05) is 6.54 Å². The van der Waals surface area contributed by atoms with E-state index in [-0.39, 0.29) is 11.9 Å². The molecule has 0 radical (unpaired) electrons. The van der Waals surface area contributed by atoms with Crippen LogP contribution in [0.25, 0.3) is 0 Å². The number of esters is 1. The number of methoxy groups -OCH3 is 1. The third-order valence-electron chi connectivity index (χ3n) is 3.61. The molecule has 0 aromatic rings. The van der Waals surface area contributed by atoms with Gasteiger partial charge in [-0.25, -0.2) is 0 Å². The Balaban J connectivity index is 2.16. The van der Waals surface area contributed by atoms with E-state index in [1.165, 1.54) is 13.5 Å². The van der Waals surface area contributed by atoms with Crippen LogP contribution in [0.4, 0.5) is 0 Å². The predicted molar refractivity (Wildman–Crippen MR) is 73.5 cm³/mol. The second-order valence-electron chi connectivity index (χ2n) is 5.41. The van der Waals surface area contributed by atoms with E-state index in [1.807, 2.05) is 0 Å². The van der Waals surface area contributed by atoms with Gasteiger partial charge < -0.3 is 15.0 Å². The van der Waals surface area contributed by atoms with Crippen molar-refractivity contribution in [2.75, 3.05) is 39.8 Å². The Bertz CT molecular complexity index is 238. The smallest absolute Gasteiger partial charge is 0.308 e. The van der Waals surface area contributed by atoms with Crippen molar-refractivity contribution in [1.82, 2.24) is 10.2 Å². The topological polar surface area (TPSA) is 41.6 Å². The molecular weight excluding hydrogens is 228 g/mol. The molecule has 0 bridgehead atoms. The van der Waals surface area contributed by atoms with Crippen molar-refractivity contribution in [1.29, 1.82) is 0 Å². The third kappa shape index (κ3) is 5.36. The molecule has 1 unspecified atom stereocenters. The fourth-order valence-corrected chi connectivity index (χ4v) is 2.55. The van der Waals surface area contributed by atoms with E-state index in [0.29, 0.717) is 5.92 Å². The first kappa shape index (κ1) is 15.4. The Morgan fingerprint density at radius 2 is 2.11 bits per heavy atom. The van der Waals surface area contributed by atoms with E-state index >= 15 is 0 Å². The third-order valence-corrected chi connectivity index (χ3v) is 3.61. The number of carbonyl (C=O) groups is 1. The molecule has 0 aromatic heterocycles. The maximum atomic E-state index is 11.4. The molecule has 1 fully saturated rings. The molecule has 0 saturated carbocycles. The zero-order valence-electron chi connectivity index (χ0n) is 12.1. The highest BCUT2D eigenvalue weighted by molar-refractivity contribution is 5.72. The average molecular weight is 256 g/mol. The molecule has 0 spiro atoms. The molecule has 4 heteroatoms. The van der Waals surface area contributed by atoms with E-state index in [9.17, 15) is 4.79 Å². The minimum atomic E-state index is -0.0349. The van der Waals surface area contributed by atoms with Crippen LogP contribution in [0.15, 0.2) is 0 Å². The van der Waals surface area contributed by atoms with Crippen LogP contribution in [-0.4, -0.2) is 50.7 Å². The van der Waals surface area contributed by atoms with E-state index in [1.54, 1.807) is 0 Å². The molecule has 1 aliphatic heterocycles. The molecule has 106 valence electrons. The number of rotatable bonds is 7. The lowest BCUT2D eigenvalue weighted by molar-refractivity contribution is -0.147. The number of piperidine rings is 1. The lowest BCUT2D eigenvalue weighted by Gasteiger charge is -2.32. The van der Waals surface area contributed by atoms with Crippen molar-refractivity contribution in [2.45, 2.75) is 33.1 Å². The van der Waals surface area contributed by atoms with E-state index in [0.717, 1.165) is 45.6 Å². The molecule has 1 heterocycles. The van der Waals surface area contributed by atoms with Crippen molar-refractivity contribution in [3.8, 4) is 0 Å². The molecule has 1 saturated heterocycles. The molecular formula is C14H28N2O2. The Morgan fingerprint density at radius 1 is 1.44 bits per heavy atom. The second-order valence-corrected chi connectivity index (χ2v) is 5.41. The van der Waals surface area contributed by atoms with Crippen LogP contribution < -0.4 is 5.32 Å². The number of nitrogens with one attached hydrogen (secondary N) is 1. The number of nitrogens with zero attached hydrogens (tertiary/aromatic N) is 1. The Morgan fingerprint density at radius 3 is 2.67 bits per heavy atom. The molecule has 4 nitrogen and oxygen atoms in total. The van der Waals surface area contributed by atoms with Crippen molar-refractivity contribution >= 4 is 5.97 Å². The maximum absolute atomic E-state index is 11.4. The van der Waals surface area contributed by atoms with Gasteiger partial charge in [0.15, 0.2) is 0 Å². The monoisotopic (exact) mass is 256 g/mol. The maximum Gasteiger partial charge on any atom is 0.308 e. The summed E-state index contributed by atoms with van der Waals surface area (Å²) in [7, 11) is 1.48. The number of carbonyl (C=O) groups excluding carboxylic acids is 1. The van der Waals surface area contributed by atoms with Gasteiger partial charge in [0.1, 0.15) is 0 Å². The van der Waals surface area contributed by atoms with E-state index < -0.39 is 0 Å². The highest BCUT2D eigenvalue weighted by Crippen LogP contribution is 2.19. The predicted octanol–water partition coefficient (Wildman–Crippen LogP) is 1.51. The van der Waals surface area contributed by atoms with E-state index in [2.05, 4.69) is 24.1 Å². The summed E-state index contributed by atoms with van der Waals surface area (Å²) in [6, 6.07) is 0. The van der Waals surface area contributed by atoms with Gasteiger partial charge in [0.2, 0.25) is 0 Å². The molecule has 0 amide bonds. The van der Waals surface area contributed by atoms with Gasteiger partial charge in [0.25, 0.3) is 0 Å². The summed E-state index contributed by atoms with van der Waals surface area (Å²) in [5.74, 6) is 0.762. The summed E-state index contributed by atoms with van der Waals surface area (Å²) in [4.78, 5) is 13.9. The van der Waals surface area contributed by atoms with E-state index in [4.69, 9.17) is 4.74 Å². The summed E-state index contributed by atoms with van der Waals surface area (Å²) < 4.78 is 4.80. The first-order valence-corrected chi connectivity index (χ1v) is 7.18. The minimum absolute atomic E-state index is 0.0349. The van der Waals surface area contributed by atoms with Gasteiger partial charge in [-0.2, -0.15) is 0 Å². The second kappa shape index (κ2) is 8.48. The molecule has 0 aliphatic carbocycles. The van der Waals surface area contributed by atoms with Gasteiger partial charge in [-0.3, -0.25) is 4.79 Å². The molecule has 1 aliphatic rings. The van der Waals surface area contributed by atoms with Gasteiger partial charge >= 0.3 is 5.97 Å². The Kier molecular flexibility index (Phi) is 7.28. The lowest BCUT2D eigenvalue weighted by Crippen LogP contribution is -2.40. The highest BCUT2D eigenvalue weighted by Gasteiger charge is 2.25. The SMILES string of the molecule is CCCNCC(C)CN1CCC(C(=O)OC)CC1. The number of ether oxygens (including phenoxy) is 1. The van der Waals surface area contributed by atoms with Crippen molar-refractivity contribution in [3.05, 3.63) is 0 Å². The van der Waals surface area contributed by atoms with Crippen molar-refractivity contribution < 1.29 is 9.53 Å². The molecule has 1 rings (SSSR count). The van der Waals surface area contributed by atoms with Crippen LogP contribution in [0.5, 0.6) is 0 Å². The van der Waals surface area contributed by atoms with Crippen molar-refractivity contribution in [2.24, 2.45) is 11.8 Å². The van der Waals surface area contributed by atoms with Crippen LogP contribution >= 0.6 is 0 Å². The fraction of sp³-hybridized carbons (Fsp3) is 0.929. The van der Waals surface area contributed by atoms with Crippen molar-refractivity contribution in [3.63, 3.8) is 0 Å². The quantitative estimate of drug-likeness (QED) is 0.554. The first-order valence-electron chi connectivity index (χ1n) is 7.18. The van der Waals surface area contributed by atoms with Gasteiger partial charge in [-0.1, -0.05) is 13.8 Å². The normalized spacial score (nSPS) is 19.7. The minimum Gasteiger partial charge on any atom is -0.469 e. The van der Waals surface area contributed by atoms with Gasteiger partial charge in [0.05, 0.1) is 13.0 Å². The van der Waals surface area contributed by atoms with Crippen LogP contribution in [0.3, 0.4) is 0 Å². The largest absolute Gasteiger partial charge is 0.469 e. The Hall–Kier alpha value is -0.610. The highest BCUT2D eigenvalue weighted by atomic mass is 16.5. The van der Waals surface area contributed by atoms with Crippen LogP contribution in [-0.2, 0) is 9.53 Å². The molecule has 1 N–H and O–H groups in total.